The number of rotatable bonds is 10. The molecule has 10 nitrogen and oxygen atoms in total. The van der Waals surface area contributed by atoms with Crippen LogP contribution in [0.5, 0.6) is 0 Å². The Morgan fingerprint density at radius 1 is 0.635 bits per heavy atom. The van der Waals surface area contributed by atoms with Crippen LogP contribution >= 0.6 is 0 Å². The number of hydrogen-bond donors (Lipinski definition) is 0. The monoisotopic (exact) mass is 856 g/mol. The fourth-order valence-corrected chi connectivity index (χ4v) is 9.92. The molecule has 332 valence electrons. The number of amides is 2. The minimum atomic E-state index is -0.280. The third-order valence-corrected chi connectivity index (χ3v) is 13.9. The molecule has 0 N–H and O–H groups in total. The zero-order valence-corrected chi connectivity index (χ0v) is 37.7. The fraction of sp³-hybridized carbons (Fsp3) is 0.451. The summed E-state index contributed by atoms with van der Waals surface area (Å²) in [5.41, 5.74) is 6.75. The van der Waals surface area contributed by atoms with E-state index in [1.807, 2.05) is 86.3 Å². The lowest BCUT2D eigenvalue weighted by Crippen LogP contribution is -2.48. The molecule has 2 saturated heterocycles. The van der Waals surface area contributed by atoms with Crippen molar-refractivity contribution in [2.24, 2.45) is 0 Å². The summed E-state index contributed by atoms with van der Waals surface area (Å²) in [6.07, 6.45) is 8.57. The van der Waals surface area contributed by atoms with E-state index in [1.54, 1.807) is 12.1 Å². The number of aryl methyl sites for hydroxylation is 2. The van der Waals surface area contributed by atoms with Crippen LogP contribution in [0.4, 0.5) is 8.78 Å². The molecule has 0 bridgehead atoms. The summed E-state index contributed by atoms with van der Waals surface area (Å²) in [6, 6.07) is 26.9. The molecule has 2 aliphatic heterocycles. The van der Waals surface area contributed by atoms with Crippen LogP contribution in [0, 0.1) is 25.5 Å². The number of carbonyl (C=O) groups is 2. The molecule has 0 spiro atoms. The highest BCUT2D eigenvalue weighted by Gasteiger charge is 2.31. The summed E-state index contributed by atoms with van der Waals surface area (Å²) in [7, 11) is 3.86. The number of piperidine rings is 1. The van der Waals surface area contributed by atoms with E-state index in [9.17, 15) is 18.4 Å². The van der Waals surface area contributed by atoms with Gasteiger partial charge in [0.05, 0.1) is 22.1 Å². The maximum atomic E-state index is 13.5. The van der Waals surface area contributed by atoms with Gasteiger partial charge in [-0.3, -0.25) is 14.5 Å². The quantitative estimate of drug-likeness (QED) is 0.137. The molecule has 12 heteroatoms. The number of nitrogens with zero attached hydrogens (tertiary/aromatic N) is 8. The minimum absolute atomic E-state index is 0.0666. The van der Waals surface area contributed by atoms with Gasteiger partial charge in [-0.1, -0.05) is 37.1 Å². The van der Waals surface area contributed by atoms with E-state index in [0.717, 1.165) is 90.9 Å². The maximum absolute atomic E-state index is 13.5. The second-order valence-electron chi connectivity index (χ2n) is 18.2. The van der Waals surface area contributed by atoms with Crippen LogP contribution < -0.4 is 0 Å². The SMILES string of the molecule is Cc1nc2cc(F)ccc2n1Cc1ccc(C(=O)N(C)C2CCN(C(C)C)C2)cc1.Cc1nc2cc(F)ccc2n1Cc1ccc(C(=O)N(C)C2CCN(C3CCCC3)CC2)cc1. The van der Waals surface area contributed by atoms with Gasteiger partial charge in [-0.15, -0.1) is 0 Å². The second-order valence-corrected chi connectivity index (χ2v) is 18.2. The van der Waals surface area contributed by atoms with Crippen LogP contribution in [0.3, 0.4) is 0 Å². The first-order valence-electron chi connectivity index (χ1n) is 22.8. The molecular weight excluding hydrogens is 795 g/mol. The van der Waals surface area contributed by atoms with Crippen molar-refractivity contribution in [3.63, 3.8) is 0 Å². The predicted octanol–water partition coefficient (Wildman–Crippen LogP) is 9.10. The van der Waals surface area contributed by atoms with Crippen LogP contribution in [0.1, 0.15) is 102 Å². The first kappa shape index (κ1) is 44.2. The van der Waals surface area contributed by atoms with Crippen molar-refractivity contribution in [3.8, 4) is 0 Å². The van der Waals surface area contributed by atoms with E-state index in [-0.39, 0.29) is 29.5 Å². The smallest absolute Gasteiger partial charge is 0.253 e. The highest BCUT2D eigenvalue weighted by Crippen LogP contribution is 2.28. The molecule has 6 aromatic rings. The zero-order chi connectivity index (χ0) is 44.4. The third kappa shape index (κ3) is 9.87. The fourth-order valence-electron chi connectivity index (χ4n) is 9.92. The lowest BCUT2D eigenvalue weighted by Gasteiger charge is -2.39. The summed E-state index contributed by atoms with van der Waals surface area (Å²) in [6.45, 7) is 13.7. The van der Waals surface area contributed by atoms with E-state index in [4.69, 9.17) is 0 Å². The maximum Gasteiger partial charge on any atom is 0.253 e. The lowest BCUT2D eigenvalue weighted by atomic mass is 10.00. The van der Waals surface area contributed by atoms with Crippen LogP contribution in [0.15, 0.2) is 84.9 Å². The van der Waals surface area contributed by atoms with Gasteiger partial charge >= 0.3 is 0 Å². The molecule has 1 aliphatic carbocycles. The van der Waals surface area contributed by atoms with Gasteiger partial charge < -0.3 is 23.8 Å². The molecule has 4 aromatic carbocycles. The van der Waals surface area contributed by atoms with Gasteiger partial charge in [0.15, 0.2) is 0 Å². The normalized spacial score (nSPS) is 17.8. The average Bonchev–Trinajstić information content (AvgIpc) is 4.11. The molecule has 3 aliphatic rings. The standard InChI is InChI=1S/C27H33FN4O.C24H29FN4O/c1-19-29-25-17-22(28)11-12-26(25)32(19)18-20-7-9-21(10-8-20)27(33)30(2)23-13-15-31(16-14-23)24-5-3-4-6-24;1-16(2)28-12-11-21(15-28)27(4)24(30)19-7-5-18(6-8-19)14-29-17(3)26-22-13-20(25)9-10-23(22)29/h7-12,17,23-24H,3-6,13-16,18H2,1-2H3;5-10,13,16,21H,11-12,14-15H2,1-4H3. The molecule has 0 radical (unpaired) electrons. The van der Waals surface area contributed by atoms with Gasteiger partial charge in [0.2, 0.25) is 0 Å². The Bertz CT molecular complexity index is 2530. The molecule has 3 fully saturated rings. The number of imidazole rings is 2. The summed E-state index contributed by atoms with van der Waals surface area (Å²) in [4.78, 5) is 43.9. The van der Waals surface area contributed by atoms with Gasteiger partial charge in [0.1, 0.15) is 23.3 Å². The summed E-state index contributed by atoms with van der Waals surface area (Å²) in [5, 5.41) is 0. The van der Waals surface area contributed by atoms with Gasteiger partial charge in [0, 0.05) is 101 Å². The van der Waals surface area contributed by atoms with Crippen molar-refractivity contribution in [1.29, 1.82) is 0 Å². The molecule has 1 unspecified atom stereocenters. The average molecular weight is 857 g/mol. The molecule has 1 atom stereocenters. The molecule has 4 heterocycles. The third-order valence-electron chi connectivity index (χ3n) is 13.9. The van der Waals surface area contributed by atoms with Crippen molar-refractivity contribution in [3.05, 3.63) is 130 Å². The summed E-state index contributed by atoms with van der Waals surface area (Å²) in [5.74, 6) is 1.30. The van der Waals surface area contributed by atoms with Crippen molar-refractivity contribution >= 4 is 33.9 Å². The van der Waals surface area contributed by atoms with Gasteiger partial charge in [-0.05, 0) is 119 Å². The topological polar surface area (TPSA) is 82.7 Å². The first-order chi connectivity index (χ1) is 30.3. The highest BCUT2D eigenvalue weighted by molar-refractivity contribution is 5.95. The second kappa shape index (κ2) is 19.1. The Labute approximate surface area is 370 Å². The Kier molecular flexibility index (Phi) is 13.4. The Morgan fingerprint density at radius 2 is 1.08 bits per heavy atom. The van der Waals surface area contributed by atoms with Crippen LogP contribution in [0.2, 0.25) is 0 Å². The number of hydrogen-bond acceptors (Lipinski definition) is 6. The van der Waals surface area contributed by atoms with E-state index < -0.39 is 0 Å². The molecule has 9 rings (SSSR count). The van der Waals surface area contributed by atoms with E-state index in [2.05, 4.69) is 42.7 Å². The largest absolute Gasteiger partial charge is 0.339 e. The molecule has 1 saturated carbocycles. The molecular formula is C51H62F2N8O2. The molecule has 2 aromatic heterocycles. The molecule has 63 heavy (non-hydrogen) atoms. The predicted molar refractivity (Wildman–Crippen MR) is 246 cm³/mol. The highest BCUT2D eigenvalue weighted by atomic mass is 19.1. The number of likely N-dealkylation sites (tertiary alicyclic amines) is 2. The Balaban J connectivity index is 0.000000174. The molecule has 2 amide bonds. The number of likely N-dealkylation sites (N-methyl/N-ethyl adjacent to an activating group) is 1. The van der Waals surface area contributed by atoms with E-state index in [1.165, 1.54) is 49.9 Å². The van der Waals surface area contributed by atoms with Crippen molar-refractivity contribution < 1.29 is 18.4 Å². The Hall–Kier alpha value is -5.46. The summed E-state index contributed by atoms with van der Waals surface area (Å²) < 4.78 is 31.1. The van der Waals surface area contributed by atoms with Crippen molar-refractivity contribution in [2.45, 2.75) is 110 Å². The van der Waals surface area contributed by atoms with Crippen molar-refractivity contribution in [1.82, 2.24) is 38.7 Å². The lowest BCUT2D eigenvalue weighted by molar-refractivity contribution is 0.0598. The number of aromatic nitrogens is 4. The number of carbonyl (C=O) groups excluding carboxylic acids is 2. The van der Waals surface area contributed by atoms with Gasteiger partial charge in [-0.2, -0.15) is 0 Å². The van der Waals surface area contributed by atoms with Gasteiger partial charge in [-0.25, -0.2) is 18.7 Å². The van der Waals surface area contributed by atoms with Gasteiger partial charge in [0.25, 0.3) is 11.8 Å². The number of fused-ring (bicyclic) bond motifs is 2. The van der Waals surface area contributed by atoms with Crippen LogP contribution in [-0.2, 0) is 13.1 Å². The summed E-state index contributed by atoms with van der Waals surface area (Å²) >= 11 is 0. The van der Waals surface area contributed by atoms with Crippen LogP contribution in [-0.4, -0.2) is 115 Å². The Morgan fingerprint density at radius 3 is 1.52 bits per heavy atom. The number of halogens is 2. The van der Waals surface area contributed by atoms with Crippen molar-refractivity contribution in [2.75, 3.05) is 40.3 Å². The minimum Gasteiger partial charge on any atom is -0.339 e. The van der Waals surface area contributed by atoms with E-state index >= 15 is 0 Å². The van der Waals surface area contributed by atoms with E-state index in [0.29, 0.717) is 41.8 Å². The first-order valence-corrected chi connectivity index (χ1v) is 22.8. The zero-order valence-electron chi connectivity index (χ0n) is 37.7. The number of benzene rings is 4. The van der Waals surface area contributed by atoms with Crippen LogP contribution in [0.25, 0.3) is 22.1 Å².